The van der Waals surface area contributed by atoms with Gasteiger partial charge in [0.05, 0.1) is 5.60 Å². The van der Waals surface area contributed by atoms with Crippen LogP contribution in [0.1, 0.15) is 19.4 Å². The Kier molecular flexibility index (Phi) is 3.46. The second-order valence-corrected chi connectivity index (χ2v) is 3.43. The molecule has 0 amide bonds. The average Bonchev–Trinajstić information content (AvgIpc) is 2.16. The molecule has 13 heavy (non-hydrogen) atoms. The molecule has 0 aliphatic rings. The minimum atomic E-state index is -0.280. The van der Waals surface area contributed by atoms with E-state index in [0.29, 0.717) is 6.79 Å². The highest BCUT2D eigenvalue weighted by Crippen LogP contribution is 2.23. The molecule has 72 valence electrons. The van der Waals surface area contributed by atoms with Crippen LogP contribution in [0.3, 0.4) is 0 Å². The van der Waals surface area contributed by atoms with E-state index < -0.39 is 0 Å². The topological polar surface area (TPSA) is 18.5 Å². The van der Waals surface area contributed by atoms with Gasteiger partial charge in [0.2, 0.25) is 0 Å². The first-order valence-corrected chi connectivity index (χ1v) is 4.35. The summed E-state index contributed by atoms with van der Waals surface area (Å²) in [6.45, 7) is 4.38. The Morgan fingerprint density at radius 3 is 2.31 bits per heavy atom. The Balaban J connectivity index is 2.69. The summed E-state index contributed by atoms with van der Waals surface area (Å²) in [4.78, 5) is 0. The van der Waals surface area contributed by atoms with Gasteiger partial charge in [-0.1, -0.05) is 30.3 Å². The summed E-state index contributed by atoms with van der Waals surface area (Å²) in [6.07, 6.45) is 0. The highest BCUT2D eigenvalue weighted by molar-refractivity contribution is 5.20. The summed E-state index contributed by atoms with van der Waals surface area (Å²) in [6, 6.07) is 10.1. The van der Waals surface area contributed by atoms with Crippen LogP contribution in [0.5, 0.6) is 0 Å². The Hall–Kier alpha value is -0.860. The smallest absolute Gasteiger partial charge is 0.147 e. The summed E-state index contributed by atoms with van der Waals surface area (Å²) in [5, 5.41) is 0. The lowest BCUT2D eigenvalue weighted by Crippen LogP contribution is -2.22. The summed E-state index contributed by atoms with van der Waals surface area (Å²) < 4.78 is 10.4. The lowest BCUT2D eigenvalue weighted by Gasteiger charge is -2.25. The van der Waals surface area contributed by atoms with Gasteiger partial charge >= 0.3 is 0 Å². The van der Waals surface area contributed by atoms with Gasteiger partial charge in [0, 0.05) is 7.11 Å². The van der Waals surface area contributed by atoms with Gasteiger partial charge in [0.1, 0.15) is 6.79 Å². The zero-order chi connectivity index (χ0) is 9.73. The number of ether oxygens (including phenoxy) is 2. The lowest BCUT2D eigenvalue weighted by molar-refractivity contribution is -0.118. The summed E-state index contributed by atoms with van der Waals surface area (Å²) in [5.74, 6) is 0. The summed E-state index contributed by atoms with van der Waals surface area (Å²) in [7, 11) is 1.63. The van der Waals surface area contributed by atoms with Crippen molar-refractivity contribution < 1.29 is 9.47 Å². The van der Waals surface area contributed by atoms with Gasteiger partial charge in [-0.25, -0.2) is 0 Å². The standard InChI is InChI=1S/C11H16O2/c1-11(2,13-9-12-3)10-7-5-4-6-8-10/h4-8H,9H2,1-3H3. The zero-order valence-electron chi connectivity index (χ0n) is 8.41. The Morgan fingerprint density at radius 2 is 1.77 bits per heavy atom. The van der Waals surface area contributed by atoms with Crippen LogP contribution in [-0.4, -0.2) is 13.9 Å². The van der Waals surface area contributed by atoms with E-state index in [2.05, 4.69) is 12.1 Å². The molecule has 0 N–H and O–H groups in total. The van der Waals surface area contributed by atoms with Crippen LogP contribution in [0.4, 0.5) is 0 Å². The minimum absolute atomic E-state index is 0.280. The fourth-order valence-electron chi connectivity index (χ4n) is 1.13. The van der Waals surface area contributed by atoms with Gasteiger partial charge in [-0.2, -0.15) is 0 Å². The van der Waals surface area contributed by atoms with E-state index in [1.54, 1.807) is 7.11 Å². The molecule has 1 aromatic rings. The normalized spacial score (nSPS) is 11.6. The molecule has 0 atom stereocenters. The van der Waals surface area contributed by atoms with Gasteiger partial charge < -0.3 is 9.47 Å². The first kappa shape index (κ1) is 10.2. The second-order valence-electron chi connectivity index (χ2n) is 3.43. The molecule has 0 heterocycles. The number of hydrogen-bond acceptors (Lipinski definition) is 2. The van der Waals surface area contributed by atoms with Crippen molar-refractivity contribution in [3.8, 4) is 0 Å². The van der Waals surface area contributed by atoms with Crippen LogP contribution in [0.25, 0.3) is 0 Å². The van der Waals surface area contributed by atoms with E-state index in [-0.39, 0.29) is 5.60 Å². The predicted octanol–water partition coefficient (Wildman–Crippen LogP) is 2.54. The number of rotatable bonds is 4. The van der Waals surface area contributed by atoms with Crippen molar-refractivity contribution in [1.82, 2.24) is 0 Å². The molecule has 2 nitrogen and oxygen atoms in total. The molecule has 0 aliphatic heterocycles. The molecule has 0 saturated heterocycles. The largest absolute Gasteiger partial charge is 0.359 e. The van der Waals surface area contributed by atoms with Crippen molar-refractivity contribution in [3.05, 3.63) is 35.9 Å². The molecule has 0 aliphatic carbocycles. The first-order valence-electron chi connectivity index (χ1n) is 4.35. The highest BCUT2D eigenvalue weighted by Gasteiger charge is 2.20. The van der Waals surface area contributed by atoms with E-state index in [1.807, 2.05) is 32.0 Å². The molecule has 0 spiro atoms. The number of benzene rings is 1. The SMILES string of the molecule is COCOC(C)(C)c1ccccc1. The molecule has 0 bridgehead atoms. The van der Waals surface area contributed by atoms with E-state index in [9.17, 15) is 0 Å². The highest BCUT2D eigenvalue weighted by atomic mass is 16.7. The van der Waals surface area contributed by atoms with Crippen molar-refractivity contribution in [2.45, 2.75) is 19.4 Å². The monoisotopic (exact) mass is 180 g/mol. The fraction of sp³-hybridized carbons (Fsp3) is 0.455. The van der Waals surface area contributed by atoms with Gasteiger partial charge in [-0.15, -0.1) is 0 Å². The maximum absolute atomic E-state index is 5.54. The third kappa shape index (κ3) is 2.83. The van der Waals surface area contributed by atoms with Gasteiger partial charge in [-0.3, -0.25) is 0 Å². The molecule has 0 unspecified atom stereocenters. The van der Waals surface area contributed by atoms with Crippen molar-refractivity contribution in [3.63, 3.8) is 0 Å². The fourth-order valence-corrected chi connectivity index (χ4v) is 1.13. The van der Waals surface area contributed by atoms with E-state index in [1.165, 1.54) is 0 Å². The third-order valence-corrected chi connectivity index (χ3v) is 2.01. The molecule has 0 radical (unpaired) electrons. The van der Waals surface area contributed by atoms with E-state index in [0.717, 1.165) is 5.56 Å². The quantitative estimate of drug-likeness (QED) is 0.663. The Morgan fingerprint density at radius 1 is 1.15 bits per heavy atom. The number of methoxy groups -OCH3 is 1. The Labute approximate surface area is 79.5 Å². The van der Waals surface area contributed by atoms with Gasteiger partial charge in [0.25, 0.3) is 0 Å². The van der Waals surface area contributed by atoms with Crippen LogP contribution in [-0.2, 0) is 15.1 Å². The summed E-state index contributed by atoms with van der Waals surface area (Å²) >= 11 is 0. The van der Waals surface area contributed by atoms with Crippen LogP contribution >= 0.6 is 0 Å². The first-order chi connectivity index (χ1) is 6.17. The summed E-state index contributed by atoms with van der Waals surface area (Å²) in [5.41, 5.74) is 0.879. The van der Waals surface area contributed by atoms with Crippen LogP contribution in [0.15, 0.2) is 30.3 Å². The molecule has 1 rings (SSSR count). The van der Waals surface area contributed by atoms with Crippen LogP contribution in [0.2, 0.25) is 0 Å². The third-order valence-electron chi connectivity index (χ3n) is 2.01. The van der Waals surface area contributed by atoms with Crippen molar-refractivity contribution >= 4 is 0 Å². The predicted molar refractivity (Wildman–Crippen MR) is 52.4 cm³/mol. The number of hydrogen-bond donors (Lipinski definition) is 0. The van der Waals surface area contributed by atoms with Crippen molar-refractivity contribution in [1.29, 1.82) is 0 Å². The molecule has 1 aromatic carbocycles. The Bertz CT molecular complexity index is 242. The molecular formula is C11H16O2. The second kappa shape index (κ2) is 4.40. The maximum Gasteiger partial charge on any atom is 0.147 e. The molecule has 0 fully saturated rings. The average molecular weight is 180 g/mol. The van der Waals surface area contributed by atoms with Crippen LogP contribution < -0.4 is 0 Å². The van der Waals surface area contributed by atoms with Crippen molar-refractivity contribution in [2.24, 2.45) is 0 Å². The van der Waals surface area contributed by atoms with E-state index >= 15 is 0 Å². The van der Waals surface area contributed by atoms with Gasteiger partial charge in [-0.05, 0) is 19.4 Å². The molecule has 0 aromatic heterocycles. The minimum Gasteiger partial charge on any atom is -0.359 e. The molecule has 0 saturated carbocycles. The zero-order valence-corrected chi connectivity index (χ0v) is 8.41. The lowest BCUT2D eigenvalue weighted by atomic mass is 9.98. The van der Waals surface area contributed by atoms with Crippen LogP contribution in [0, 0.1) is 0 Å². The maximum atomic E-state index is 5.54. The molecular weight excluding hydrogens is 164 g/mol. The van der Waals surface area contributed by atoms with Gasteiger partial charge in [0.15, 0.2) is 0 Å². The van der Waals surface area contributed by atoms with Crippen molar-refractivity contribution in [2.75, 3.05) is 13.9 Å². The van der Waals surface area contributed by atoms with E-state index in [4.69, 9.17) is 9.47 Å². The molecule has 2 heteroatoms.